The van der Waals surface area contributed by atoms with Crippen LogP contribution < -0.4 is 11.3 Å². The van der Waals surface area contributed by atoms with Crippen molar-refractivity contribution in [3.8, 4) is 23.3 Å². The van der Waals surface area contributed by atoms with E-state index < -0.39 is 11.4 Å². The second-order valence-electron chi connectivity index (χ2n) is 6.13. The lowest BCUT2D eigenvalue weighted by Gasteiger charge is -2.14. The molecule has 140 valence electrons. The Bertz CT molecular complexity index is 954. The number of nitrogen functional groups attached to an aromatic ring is 1. The first kappa shape index (κ1) is 20.2. The van der Waals surface area contributed by atoms with Gasteiger partial charge in [0, 0.05) is 12.2 Å². The van der Waals surface area contributed by atoms with Crippen LogP contribution in [0.1, 0.15) is 49.3 Å². The lowest BCUT2D eigenvalue weighted by atomic mass is 9.93. The zero-order chi connectivity index (χ0) is 19.8. The van der Waals surface area contributed by atoms with Crippen molar-refractivity contribution in [2.24, 2.45) is 0 Å². The van der Waals surface area contributed by atoms with E-state index in [1.807, 2.05) is 12.1 Å². The van der Waals surface area contributed by atoms with Crippen LogP contribution >= 0.6 is 0 Å². The van der Waals surface area contributed by atoms with Gasteiger partial charge in [0.1, 0.15) is 34.9 Å². The van der Waals surface area contributed by atoms with Crippen LogP contribution in [0.2, 0.25) is 0 Å². The zero-order valence-corrected chi connectivity index (χ0v) is 15.1. The highest BCUT2D eigenvalue weighted by Gasteiger charge is 2.20. The molecule has 1 aromatic heterocycles. The monoisotopic (exact) mass is 368 g/mol. The Hall–Kier alpha value is -3.16. The summed E-state index contributed by atoms with van der Waals surface area (Å²) in [5.41, 5.74) is 5.72. The van der Waals surface area contributed by atoms with Crippen LogP contribution in [0.5, 0.6) is 0 Å². The quantitative estimate of drug-likeness (QED) is 0.691. The standard InChI is InChI=1S/C20H21FN4O2/c1-2-3-4-5-8-27-12-13-9-14(21)6-7-15(13)18-16(10-22)19(24)25-20(26)17(18)11-23/h6-7,9H,2-5,8,12H2,1H3,(H3,24,25,26). The minimum atomic E-state index is -0.695. The highest BCUT2D eigenvalue weighted by molar-refractivity contribution is 5.81. The van der Waals surface area contributed by atoms with E-state index in [1.54, 1.807) is 0 Å². The van der Waals surface area contributed by atoms with Gasteiger partial charge in [-0.3, -0.25) is 4.79 Å². The molecule has 0 fully saturated rings. The van der Waals surface area contributed by atoms with Crippen molar-refractivity contribution < 1.29 is 9.13 Å². The van der Waals surface area contributed by atoms with Crippen LogP contribution in [0.25, 0.3) is 11.1 Å². The van der Waals surface area contributed by atoms with Crippen LogP contribution in [-0.4, -0.2) is 11.6 Å². The molecule has 0 aliphatic heterocycles. The molecule has 2 rings (SSSR count). The van der Waals surface area contributed by atoms with Gasteiger partial charge in [0.15, 0.2) is 0 Å². The number of nitrogens with one attached hydrogen (secondary N) is 1. The van der Waals surface area contributed by atoms with Crippen molar-refractivity contribution in [3.05, 3.63) is 51.1 Å². The van der Waals surface area contributed by atoms with Crippen LogP contribution in [0, 0.1) is 28.5 Å². The van der Waals surface area contributed by atoms with E-state index in [1.165, 1.54) is 18.2 Å². The first-order valence-electron chi connectivity index (χ1n) is 8.76. The number of H-pyrrole nitrogens is 1. The molecule has 1 aromatic carbocycles. The molecule has 0 spiro atoms. The van der Waals surface area contributed by atoms with Gasteiger partial charge in [-0.2, -0.15) is 10.5 Å². The topological polar surface area (TPSA) is 116 Å². The summed E-state index contributed by atoms with van der Waals surface area (Å²) in [4.78, 5) is 14.4. The van der Waals surface area contributed by atoms with E-state index in [9.17, 15) is 19.7 Å². The average Bonchev–Trinajstić information content (AvgIpc) is 2.64. The summed E-state index contributed by atoms with van der Waals surface area (Å²) in [6, 6.07) is 7.65. The molecule has 0 saturated carbocycles. The summed E-state index contributed by atoms with van der Waals surface area (Å²) >= 11 is 0. The Morgan fingerprint density at radius 3 is 2.59 bits per heavy atom. The number of halogens is 1. The van der Waals surface area contributed by atoms with E-state index >= 15 is 0 Å². The second-order valence-corrected chi connectivity index (χ2v) is 6.13. The second kappa shape index (κ2) is 9.51. The molecule has 2 aromatic rings. The third kappa shape index (κ3) is 4.72. The molecule has 0 radical (unpaired) electrons. The molecule has 0 unspecified atom stereocenters. The van der Waals surface area contributed by atoms with Gasteiger partial charge in [0.05, 0.1) is 6.61 Å². The van der Waals surface area contributed by atoms with Gasteiger partial charge in [-0.15, -0.1) is 0 Å². The third-order valence-corrected chi connectivity index (χ3v) is 4.20. The number of aromatic amines is 1. The van der Waals surface area contributed by atoms with Crippen molar-refractivity contribution in [1.29, 1.82) is 10.5 Å². The first-order valence-corrected chi connectivity index (χ1v) is 8.76. The summed E-state index contributed by atoms with van der Waals surface area (Å²) in [5, 5.41) is 18.8. The summed E-state index contributed by atoms with van der Waals surface area (Å²) in [6.45, 7) is 2.73. The lowest BCUT2D eigenvalue weighted by molar-refractivity contribution is 0.117. The predicted molar refractivity (Wildman–Crippen MR) is 100 cm³/mol. The predicted octanol–water partition coefficient (Wildman–Crippen LogP) is 3.60. The van der Waals surface area contributed by atoms with Gasteiger partial charge in [-0.05, 0) is 29.7 Å². The van der Waals surface area contributed by atoms with Crippen LogP contribution in [0.15, 0.2) is 23.0 Å². The summed E-state index contributed by atoms with van der Waals surface area (Å²) < 4.78 is 19.4. The van der Waals surface area contributed by atoms with E-state index in [-0.39, 0.29) is 29.1 Å². The van der Waals surface area contributed by atoms with E-state index in [0.29, 0.717) is 17.7 Å². The van der Waals surface area contributed by atoms with Gasteiger partial charge in [-0.25, -0.2) is 4.39 Å². The van der Waals surface area contributed by atoms with Gasteiger partial charge in [0.2, 0.25) is 0 Å². The molecular formula is C20H21FN4O2. The summed E-state index contributed by atoms with van der Waals surface area (Å²) in [7, 11) is 0. The minimum Gasteiger partial charge on any atom is -0.384 e. The molecule has 0 bridgehead atoms. The molecular weight excluding hydrogens is 347 g/mol. The number of nitrogens with zero attached hydrogens (tertiary/aromatic N) is 2. The molecule has 3 N–H and O–H groups in total. The Kier molecular flexibility index (Phi) is 7.10. The number of ether oxygens (including phenoxy) is 1. The van der Waals surface area contributed by atoms with E-state index in [2.05, 4.69) is 11.9 Å². The van der Waals surface area contributed by atoms with Gasteiger partial charge >= 0.3 is 0 Å². The highest BCUT2D eigenvalue weighted by Crippen LogP contribution is 2.31. The number of rotatable bonds is 8. The average molecular weight is 368 g/mol. The number of anilines is 1. The van der Waals surface area contributed by atoms with Crippen molar-refractivity contribution in [2.75, 3.05) is 12.3 Å². The number of hydrogen-bond acceptors (Lipinski definition) is 5. The minimum absolute atomic E-state index is 0.0260. The number of aromatic nitrogens is 1. The largest absolute Gasteiger partial charge is 0.384 e. The van der Waals surface area contributed by atoms with Crippen molar-refractivity contribution in [1.82, 2.24) is 4.98 Å². The number of nitriles is 2. The maximum atomic E-state index is 13.8. The van der Waals surface area contributed by atoms with Crippen LogP contribution in [-0.2, 0) is 11.3 Å². The molecule has 0 aliphatic rings. The molecule has 0 aliphatic carbocycles. The van der Waals surface area contributed by atoms with Gasteiger partial charge < -0.3 is 15.5 Å². The molecule has 7 heteroatoms. The van der Waals surface area contributed by atoms with E-state index in [4.69, 9.17) is 10.5 Å². The summed E-state index contributed by atoms with van der Waals surface area (Å²) in [5.74, 6) is -0.606. The fourth-order valence-electron chi connectivity index (χ4n) is 2.85. The zero-order valence-electron chi connectivity index (χ0n) is 15.1. The van der Waals surface area contributed by atoms with Crippen LogP contribution in [0.4, 0.5) is 10.2 Å². The normalized spacial score (nSPS) is 10.4. The smallest absolute Gasteiger partial charge is 0.268 e. The maximum Gasteiger partial charge on any atom is 0.268 e. The fourth-order valence-corrected chi connectivity index (χ4v) is 2.85. The van der Waals surface area contributed by atoms with Gasteiger partial charge in [-0.1, -0.05) is 32.3 Å². The lowest BCUT2D eigenvalue weighted by Crippen LogP contribution is -2.17. The molecule has 27 heavy (non-hydrogen) atoms. The Morgan fingerprint density at radius 2 is 1.93 bits per heavy atom. The number of benzene rings is 1. The number of unbranched alkanes of at least 4 members (excludes halogenated alkanes) is 3. The third-order valence-electron chi connectivity index (χ3n) is 4.20. The first-order chi connectivity index (χ1) is 13.0. The van der Waals surface area contributed by atoms with E-state index in [0.717, 1.165) is 25.7 Å². The summed E-state index contributed by atoms with van der Waals surface area (Å²) in [6.07, 6.45) is 4.18. The molecule has 1 heterocycles. The van der Waals surface area contributed by atoms with Crippen molar-refractivity contribution >= 4 is 5.82 Å². The molecule has 6 nitrogen and oxygen atoms in total. The van der Waals surface area contributed by atoms with Crippen LogP contribution in [0.3, 0.4) is 0 Å². The molecule has 0 atom stereocenters. The Balaban J connectivity index is 2.44. The Morgan fingerprint density at radius 1 is 1.19 bits per heavy atom. The number of nitrogens with two attached hydrogens (primary N) is 1. The van der Waals surface area contributed by atoms with Crippen molar-refractivity contribution in [2.45, 2.75) is 39.2 Å². The van der Waals surface area contributed by atoms with Gasteiger partial charge in [0.25, 0.3) is 5.56 Å². The SMILES string of the molecule is CCCCCCOCc1cc(F)ccc1-c1c(C#N)c(N)[nH]c(=O)c1C#N. The Labute approximate surface area is 157 Å². The maximum absolute atomic E-state index is 13.8. The fraction of sp³-hybridized carbons (Fsp3) is 0.350. The number of pyridine rings is 1. The number of hydrogen-bond donors (Lipinski definition) is 2. The van der Waals surface area contributed by atoms with Crippen molar-refractivity contribution in [3.63, 3.8) is 0 Å². The molecule has 0 amide bonds. The molecule has 0 saturated heterocycles. The highest BCUT2D eigenvalue weighted by atomic mass is 19.1.